The van der Waals surface area contributed by atoms with Crippen LogP contribution in [0.1, 0.15) is 49.4 Å². The molecule has 0 spiro atoms. The van der Waals surface area contributed by atoms with Crippen molar-refractivity contribution in [1.82, 2.24) is 20.0 Å². The van der Waals surface area contributed by atoms with Gasteiger partial charge in [0, 0.05) is 31.1 Å². The molecule has 0 aliphatic carbocycles. The molecule has 6 nitrogen and oxygen atoms in total. The van der Waals surface area contributed by atoms with Crippen molar-refractivity contribution in [3.8, 4) is 0 Å². The molecule has 4 rings (SSSR count). The van der Waals surface area contributed by atoms with E-state index in [1.165, 1.54) is 5.56 Å². The number of nitrogens with one attached hydrogen (secondary N) is 2. The van der Waals surface area contributed by atoms with Crippen LogP contribution in [0.2, 0.25) is 0 Å². The maximum absolute atomic E-state index is 13.6. The Bertz CT molecular complexity index is 914. The number of fused-ring (bicyclic) bond motifs is 1. The number of hydrogen-bond acceptors (Lipinski definition) is 4. The lowest BCUT2D eigenvalue weighted by Crippen LogP contribution is -2.38. The second-order valence-electron chi connectivity index (χ2n) is 8.75. The normalized spacial score (nSPS) is 23.6. The van der Waals surface area contributed by atoms with Crippen molar-refractivity contribution in [2.24, 2.45) is 0 Å². The van der Waals surface area contributed by atoms with Gasteiger partial charge in [-0.15, -0.1) is 0 Å². The zero-order valence-corrected chi connectivity index (χ0v) is 18.2. The van der Waals surface area contributed by atoms with Crippen molar-refractivity contribution in [1.29, 1.82) is 0 Å². The maximum Gasteiger partial charge on any atom is 0.410 e. The molecule has 2 N–H and O–H groups in total. The maximum atomic E-state index is 13.6. The number of rotatable bonds is 7. The first kappa shape index (κ1) is 22.6. The molecule has 1 amide bonds. The summed E-state index contributed by atoms with van der Waals surface area (Å²) in [5, 5.41) is 10.5. The highest BCUT2D eigenvalue weighted by Crippen LogP contribution is 2.41. The monoisotopic (exact) mass is 449 g/mol. The van der Waals surface area contributed by atoms with Crippen LogP contribution < -0.4 is 10.6 Å². The van der Waals surface area contributed by atoms with E-state index >= 15 is 0 Å². The van der Waals surface area contributed by atoms with Crippen molar-refractivity contribution in [3.63, 3.8) is 0 Å². The molecular weight excluding hydrogens is 419 g/mol. The minimum Gasteiger partial charge on any atom is -0.367 e. The number of benzene rings is 1. The van der Waals surface area contributed by atoms with E-state index in [2.05, 4.69) is 15.7 Å². The number of carbonyl (C=O) groups excluding carboxylic acids is 1. The molecule has 1 saturated heterocycles. The van der Waals surface area contributed by atoms with Gasteiger partial charge in [0.15, 0.2) is 6.04 Å². The fraction of sp³-hybridized carbons (Fsp3) is 0.565. The molecule has 2 aromatic rings. The second kappa shape index (κ2) is 9.52. The van der Waals surface area contributed by atoms with E-state index in [0.717, 1.165) is 24.1 Å². The first-order chi connectivity index (χ1) is 15.3. The molecule has 1 aromatic heterocycles. The fourth-order valence-electron chi connectivity index (χ4n) is 4.60. The molecule has 3 heterocycles. The van der Waals surface area contributed by atoms with E-state index in [1.807, 2.05) is 42.2 Å². The van der Waals surface area contributed by atoms with E-state index in [1.54, 1.807) is 6.07 Å². The molecule has 2 aliphatic heterocycles. The Morgan fingerprint density at radius 2 is 2.06 bits per heavy atom. The van der Waals surface area contributed by atoms with E-state index in [0.29, 0.717) is 37.6 Å². The molecule has 0 bridgehead atoms. The van der Waals surface area contributed by atoms with Crippen molar-refractivity contribution in [2.75, 3.05) is 31.5 Å². The Balaban J connectivity index is 1.32. The summed E-state index contributed by atoms with van der Waals surface area (Å²) in [5.74, 6) is 0.439. The fourth-order valence-corrected chi connectivity index (χ4v) is 4.60. The van der Waals surface area contributed by atoms with Crippen LogP contribution >= 0.6 is 0 Å². The molecular formula is C23H30F3N5O. The zero-order chi connectivity index (χ0) is 22.7. The van der Waals surface area contributed by atoms with Crippen LogP contribution in [0, 0.1) is 0 Å². The molecule has 174 valence electrons. The third kappa shape index (κ3) is 5.26. The number of carbonyl (C=O) groups is 1. The van der Waals surface area contributed by atoms with Crippen LogP contribution in [-0.4, -0.2) is 59.0 Å². The minimum atomic E-state index is -4.33. The number of amides is 1. The number of halogens is 3. The van der Waals surface area contributed by atoms with Crippen molar-refractivity contribution in [2.45, 2.75) is 56.8 Å². The molecule has 1 fully saturated rings. The number of alkyl halides is 3. The van der Waals surface area contributed by atoms with Gasteiger partial charge in [-0.05, 0) is 37.8 Å². The van der Waals surface area contributed by atoms with Crippen molar-refractivity contribution >= 4 is 11.7 Å². The van der Waals surface area contributed by atoms with Gasteiger partial charge >= 0.3 is 6.18 Å². The lowest BCUT2D eigenvalue weighted by Gasteiger charge is -2.32. The number of hydrogen-bond donors (Lipinski definition) is 2. The standard InChI is InChI=1S/C23H30F3N5O/c1-2-18-12-20(23(24,25)26)31-21(28-18)13-19(29-31)17-9-11-30(14-17)15-22(32)27-10-8-16-6-4-3-5-7-16/h3-7,13,17-18,20,28H,2,8-12,14-15H2,1H3,(H,27,32). The van der Waals surface area contributed by atoms with Crippen LogP contribution in [-0.2, 0) is 11.2 Å². The van der Waals surface area contributed by atoms with Crippen LogP contribution in [0.4, 0.5) is 19.0 Å². The molecule has 32 heavy (non-hydrogen) atoms. The molecule has 1 aromatic carbocycles. The molecule has 2 aliphatic rings. The van der Waals surface area contributed by atoms with Gasteiger partial charge in [-0.2, -0.15) is 18.3 Å². The topological polar surface area (TPSA) is 62.2 Å². The smallest absolute Gasteiger partial charge is 0.367 e. The highest BCUT2D eigenvalue weighted by molar-refractivity contribution is 5.78. The highest BCUT2D eigenvalue weighted by Gasteiger charge is 2.46. The van der Waals surface area contributed by atoms with Gasteiger partial charge in [-0.1, -0.05) is 37.3 Å². The lowest BCUT2D eigenvalue weighted by atomic mass is 10.0. The Morgan fingerprint density at radius 1 is 1.28 bits per heavy atom. The minimum absolute atomic E-state index is 0.00589. The van der Waals surface area contributed by atoms with Crippen molar-refractivity contribution in [3.05, 3.63) is 47.7 Å². The van der Waals surface area contributed by atoms with Crippen molar-refractivity contribution < 1.29 is 18.0 Å². The van der Waals surface area contributed by atoms with E-state index in [9.17, 15) is 18.0 Å². The molecule has 0 saturated carbocycles. The first-order valence-electron chi connectivity index (χ1n) is 11.3. The van der Waals surface area contributed by atoms with Gasteiger partial charge in [0.2, 0.25) is 5.91 Å². The Hall–Kier alpha value is -2.55. The second-order valence-corrected chi connectivity index (χ2v) is 8.75. The summed E-state index contributed by atoms with van der Waals surface area (Å²) in [4.78, 5) is 14.4. The van der Waals surface area contributed by atoms with Crippen LogP contribution in [0.5, 0.6) is 0 Å². The van der Waals surface area contributed by atoms with E-state index in [4.69, 9.17) is 0 Å². The van der Waals surface area contributed by atoms with Gasteiger partial charge in [0.25, 0.3) is 0 Å². The molecule has 0 radical (unpaired) electrons. The SMILES string of the molecule is CCC1CC(C(F)(F)F)n2nc(C3CCN(CC(=O)NCCc4ccccc4)C3)cc2N1. The van der Waals surface area contributed by atoms with Crippen LogP contribution in [0.15, 0.2) is 36.4 Å². The first-order valence-corrected chi connectivity index (χ1v) is 11.3. The zero-order valence-electron chi connectivity index (χ0n) is 18.2. The largest absolute Gasteiger partial charge is 0.410 e. The summed E-state index contributed by atoms with van der Waals surface area (Å²) in [6.07, 6.45) is -2.14. The van der Waals surface area contributed by atoms with Crippen LogP contribution in [0.25, 0.3) is 0 Å². The summed E-state index contributed by atoms with van der Waals surface area (Å²) >= 11 is 0. The quantitative estimate of drug-likeness (QED) is 0.676. The predicted molar refractivity (Wildman–Crippen MR) is 117 cm³/mol. The summed E-state index contributed by atoms with van der Waals surface area (Å²) in [6.45, 7) is 4.11. The summed E-state index contributed by atoms with van der Waals surface area (Å²) < 4.78 is 41.9. The third-order valence-corrected chi connectivity index (χ3v) is 6.42. The van der Waals surface area contributed by atoms with Gasteiger partial charge in [0.05, 0.1) is 12.2 Å². The number of likely N-dealkylation sites (tertiary alicyclic amines) is 1. The number of anilines is 1. The average Bonchev–Trinajstić information content (AvgIpc) is 3.39. The third-order valence-electron chi connectivity index (χ3n) is 6.42. The predicted octanol–water partition coefficient (Wildman–Crippen LogP) is 3.73. The molecule has 3 unspecified atom stereocenters. The summed E-state index contributed by atoms with van der Waals surface area (Å²) in [7, 11) is 0. The van der Waals surface area contributed by atoms with Crippen LogP contribution in [0.3, 0.4) is 0 Å². The number of aromatic nitrogens is 2. The van der Waals surface area contributed by atoms with Gasteiger partial charge in [-0.3, -0.25) is 9.69 Å². The number of nitrogens with zero attached hydrogens (tertiary/aromatic N) is 3. The molecule has 3 atom stereocenters. The van der Waals surface area contributed by atoms with E-state index in [-0.39, 0.29) is 24.3 Å². The average molecular weight is 450 g/mol. The lowest BCUT2D eigenvalue weighted by molar-refractivity contribution is -0.173. The van der Waals surface area contributed by atoms with Gasteiger partial charge < -0.3 is 10.6 Å². The molecule has 9 heteroatoms. The van der Waals surface area contributed by atoms with Gasteiger partial charge in [-0.25, -0.2) is 4.68 Å². The van der Waals surface area contributed by atoms with Gasteiger partial charge in [0.1, 0.15) is 5.82 Å². The highest BCUT2D eigenvalue weighted by atomic mass is 19.4. The Kier molecular flexibility index (Phi) is 6.74. The van der Waals surface area contributed by atoms with E-state index < -0.39 is 12.2 Å². The Labute approximate surface area is 186 Å². The summed E-state index contributed by atoms with van der Waals surface area (Å²) in [6, 6.07) is 9.93. The Morgan fingerprint density at radius 3 is 2.78 bits per heavy atom. The summed E-state index contributed by atoms with van der Waals surface area (Å²) in [5.41, 5.74) is 1.85.